The standard InChI is InChI=1S/C13H15NO5/c14-5-8(13(16)17)9-6-1-3-19-12(6)10(15)7-2-4-18-11(7)9/h8,15H,1-5,14H2,(H,16,17). The van der Waals surface area contributed by atoms with E-state index < -0.39 is 11.9 Å². The molecule has 6 nitrogen and oxygen atoms in total. The predicted octanol–water partition coefficient (Wildman–Crippen LogP) is 0.389. The molecule has 0 spiro atoms. The number of carboxylic acid groups (broad SMARTS) is 1. The lowest BCUT2D eigenvalue weighted by atomic mass is 9.89. The molecular weight excluding hydrogens is 250 g/mol. The zero-order valence-corrected chi connectivity index (χ0v) is 10.3. The van der Waals surface area contributed by atoms with Crippen LogP contribution in [0.3, 0.4) is 0 Å². The number of phenols is 1. The summed E-state index contributed by atoms with van der Waals surface area (Å²) in [6.45, 7) is 0.869. The fraction of sp³-hybridized carbons (Fsp3) is 0.462. The van der Waals surface area contributed by atoms with Crippen LogP contribution in [0.5, 0.6) is 17.2 Å². The molecule has 1 atom stereocenters. The van der Waals surface area contributed by atoms with Crippen molar-refractivity contribution in [3.63, 3.8) is 0 Å². The Morgan fingerprint density at radius 3 is 2.47 bits per heavy atom. The van der Waals surface area contributed by atoms with Crippen LogP contribution in [0.15, 0.2) is 0 Å². The van der Waals surface area contributed by atoms with E-state index in [4.69, 9.17) is 15.2 Å². The van der Waals surface area contributed by atoms with Crippen LogP contribution >= 0.6 is 0 Å². The lowest BCUT2D eigenvalue weighted by Crippen LogP contribution is -2.23. The minimum atomic E-state index is -0.986. The highest BCUT2D eigenvalue weighted by Gasteiger charge is 2.36. The van der Waals surface area contributed by atoms with Crippen molar-refractivity contribution in [1.29, 1.82) is 0 Å². The van der Waals surface area contributed by atoms with Gasteiger partial charge in [-0.3, -0.25) is 4.79 Å². The molecule has 0 aliphatic carbocycles. The van der Waals surface area contributed by atoms with Crippen molar-refractivity contribution in [2.75, 3.05) is 19.8 Å². The van der Waals surface area contributed by atoms with Gasteiger partial charge in [0.2, 0.25) is 0 Å². The van der Waals surface area contributed by atoms with Crippen LogP contribution in [-0.2, 0) is 17.6 Å². The minimum Gasteiger partial charge on any atom is -0.504 e. The molecule has 2 aliphatic rings. The number of benzene rings is 1. The summed E-state index contributed by atoms with van der Waals surface area (Å²) in [6, 6.07) is 0. The maximum atomic E-state index is 11.4. The summed E-state index contributed by atoms with van der Waals surface area (Å²) >= 11 is 0. The van der Waals surface area contributed by atoms with Gasteiger partial charge in [-0.2, -0.15) is 0 Å². The van der Waals surface area contributed by atoms with E-state index in [2.05, 4.69) is 0 Å². The molecule has 0 saturated heterocycles. The van der Waals surface area contributed by atoms with Gasteiger partial charge in [-0.05, 0) is 0 Å². The SMILES string of the molecule is NCC(C(=O)O)c1c2c(c(O)c3c1OCC3)OCC2. The molecule has 0 radical (unpaired) electrons. The first-order chi connectivity index (χ1) is 9.15. The van der Waals surface area contributed by atoms with Gasteiger partial charge >= 0.3 is 5.97 Å². The van der Waals surface area contributed by atoms with Gasteiger partial charge in [0.15, 0.2) is 11.5 Å². The molecule has 6 heteroatoms. The number of ether oxygens (including phenoxy) is 2. The molecule has 1 aromatic rings. The van der Waals surface area contributed by atoms with E-state index in [1.54, 1.807) is 0 Å². The highest BCUT2D eigenvalue weighted by Crippen LogP contribution is 2.50. The van der Waals surface area contributed by atoms with Gasteiger partial charge in [0, 0.05) is 36.1 Å². The maximum absolute atomic E-state index is 11.4. The first-order valence-corrected chi connectivity index (χ1v) is 6.24. The number of hydrogen-bond acceptors (Lipinski definition) is 5. The Bertz CT molecular complexity index is 519. The van der Waals surface area contributed by atoms with Crippen molar-refractivity contribution >= 4 is 5.97 Å². The molecule has 2 heterocycles. The number of hydrogen-bond donors (Lipinski definition) is 3. The third kappa shape index (κ3) is 1.63. The second-order valence-electron chi connectivity index (χ2n) is 4.70. The molecule has 2 aliphatic heterocycles. The van der Waals surface area contributed by atoms with Crippen LogP contribution in [0.2, 0.25) is 0 Å². The Labute approximate surface area is 109 Å². The molecule has 3 rings (SSSR count). The van der Waals surface area contributed by atoms with Gasteiger partial charge in [0.05, 0.1) is 19.1 Å². The average molecular weight is 265 g/mol. The van der Waals surface area contributed by atoms with Gasteiger partial charge in [-0.15, -0.1) is 0 Å². The highest BCUT2D eigenvalue weighted by molar-refractivity contribution is 5.81. The van der Waals surface area contributed by atoms with Crippen LogP contribution in [0.25, 0.3) is 0 Å². The van der Waals surface area contributed by atoms with E-state index in [1.807, 2.05) is 0 Å². The van der Waals surface area contributed by atoms with E-state index in [-0.39, 0.29) is 12.3 Å². The molecule has 0 aromatic heterocycles. The third-order valence-corrected chi connectivity index (χ3v) is 3.70. The van der Waals surface area contributed by atoms with Crippen LogP contribution in [-0.4, -0.2) is 35.9 Å². The quantitative estimate of drug-likeness (QED) is 0.730. The smallest absolute Gasteiger partial charge is 0.312 e. The second-order valence-corrected chi connectivity index (χ2v) is 4.70. The number of aromatic hydroxyl groups is 1. The van der Waals surface area contributed by atoms with Gasteiger partial charge in [0.1, 0.15) is 5.75 Å². The number of nitrogens with two attached hydrogens (primary N) is 1. The number of carbonyl (C=O) groups is 1. The van der Waals surface area contributed by atoms with Crippen molar-refractivity contribution in [3.05, 3.63) is 16.7 Å². The van der Waals surface area contributed by atoms with Crippen molar-refractivity contribution < 1.29 is 24.5 Å². The van der Waals surface area contributed by atoms with Gasteiger partial charge in [0.25, 0.3) is 0 Å². The Morgan fingerprint density at radius 2 is 1.84 bits per heavy atom. The van der Waals surface area contributed by atoms with E-state index in [0.29, 0.717) is 48.7 Å². The van der Waals surface area contributed by atoms with Crippen molar-refractivity contribution in [1.82, 2.24) is 0 Å². The maximum Gasteiger partial charge on any atom is 0.312 e. The first kappa shape index (κ1) is 12.1. The summed E-state index contributed by atoms with van der Waals surface area (Å²) in [7, 11) is 0. The number of rotatable bonds is 3. The largest absolute Gasteiger partial charge is 0.504 e. The normalized spacial score (nSPS) is 17.3. The molecular formula is C13H15NO5. The Kier molecular flexibility index (Phi) is 2.74. The minimum absolute atomic E-state index is 0.0116. The van der Waals surface area contributed by atoms with E-state index in [9.17, 15) is 15.0 Å². The summed E-state index contributed by atoms with van der Waals surface area (Å²) in [5.74, 6) is -0.841. The molecule has 102 valence electrons. The number of aliphatic carboxylic acids is 1. The van der Waals surface area contributed by atoms with Crippen molar-refractivity contribution in [2.24, 2.45) is 5.73 Å². The molecule has 0 amide bonds. The monoisotopic (exact) mass is 265 g/mol. The zero-order chi connectivity index (χ0) is 13.6. The summed E-state index contributed by atoms with van der Waals surface area (Å²) in [5, 5.41) is 19.5. The lowest BCUT2D eigenvalue weighted by molar-refractivity contribution is -0.138. The third-order valence-electron chi connectivity index (χ3n) is 3.70. The molecule has 1 unspecified atom stereocenters. The molecule has 1 aromatic carbocycles. The predicted molar refractivity (Wildman–Crippen MR) is 65.9 cm³/mol. The fourth-order valence-corrected chi connectivity index (χ4v) is 2.83. The van der Waals surface area contributed by atoms with Gasteiger partial charge in [-0.25, -0.2) is 0 Å². The van der Waals surface area contributed by atoms with Crippen molar-refractivity contribution in [2.45, 2.75) is 18.8 Å². The average Bonchev–Trinajstić information content (AvgIpc) is 3.02. The number of carboxylic acids is 1. The molecule has 19 heavy (non-hydrogen) atoms. The number of phenolic OH excluding ortho intramolecular Hbond substituents is 1. The Balaban J connectivity index is 2.26. The van der Waals surface area contributed by atoms with Crippen LogP contribution in [0, 0.1) is 0 Å². The summed E-state index contributed by atoms with van der Waals surface area (Å²) in [4.78, 5) is 11.4. The summed E-state index contributed by atoms with van der Waals surface area (Å²) in [5.41, 5.74) is 7.52. The Morgan fingerprint density at radius 1 is 1.21 bits per heavy atom. The van der Waals surface area contributed by atoms with E-state index in [1.165, 1.54) is 0 Å². The molecule has 4 N–H and O–H groups in total. The first-order valence-electron chi connectivity index (χ1n) is 6.24. The van der Waals surface area contributed by atoms with E-state index >= 15 is 0 Å². The van der Waals surface area contributed by atoms with Gasteiger partial charge < -0.3 is 25.4 Å². The Hall–Kier alpha value is -1.95. The van der Waals surface area contributed by atoms with Gasteiger partial charge in [-0.1, -0.05) is 0 Å². The topological polar surface area (TPSA) is 102 Å². The summed E-state index contributed by atoms with van der Waals surface area (Å²) < 4.78 is 11.0. The van der Waals surface area contributed by atoms with Crippen molar-refractivity contribution in [3.8, 4) is 17.2 Å². The zero-order valence-electron chi connectivity index (χ0n) is 10.3. The highest BCUT2D eigenvalue weighted by atomic mass is 16.5. The molecule has 0 fully saturated rings. The lowest BCUT2D eigenvalue weighted by Gasteiger charge is -2.18. The fourth-order valence-electron chi connectivity index (χ4n) is 2.83. The molecule has 0 bridgehead atoms. The van der Waals surface area contributed by atoms with Crippen LogP contribution in [0.4, 0.5) is 0 Å². The second kappa shape index (κ2) is 4.31. The van der Waals surface area contributed by atoms with E-state index in [0.717, 1.165) is 5.56 Å². The van der Waals surface area contributed by atoms with Crippen LogP contribution < -0.4 is 15.2 Å². The van der Waals surface area contributed by atoms with Crippen LogP contribution in [0.1, 0.15) is 22.6 Å². The molecule has 0 saturated carbocycles. The summed E-state index contributed by atoms with van der Waals surface area (Å²) in [6.07, 6.45) is 1.13. The number of fused-ring (bicyclic) bond motifs is 2.